The van der Waals surface area contributed by atoms with Crippen LogP contribution in [0.5, 0.6) is 0 Å². The molecule has 5 nitrogen and oxygen atoms in total. The van der Waals surface area contributed by atoms with Gasteiger partial charge in [-0.1, -0.05) is 115 Å². The van der Waals surface area contributed by atoms with Crippen LogP contribution in [-0.4, -0.2) is 24.1 Å². The number of fused-ring (bicyclic) bond motifs is 6. The molecule has 234 valence electrons. The second-order valence-corrected chi connectivity index (χ2v) is 12.5. The molecule has 0 radical (unpaired) electrons. The summed E-state index contributed by atoms with van der Waals surface area (Å²) in [5, 5.41) is 3.55. The van der Waals surface area contributed by atoms with E-state index in [4.69, 9.17) is 15.0 Å². The predicted octanol–water partition coefficient (Wildman–Crippen LogP) is 11.1. The molecular formula is C45H29N5. The number of rotatable bonds is 5. The molecule has 0 spiro atoms. The second-order valence-electron chi connectivity index (χ2n) is 12.5. The molecule has 0 amide bonds. The van der Waals surface area contributed by atoms with Crippen LogP contribution < -0.4 is 0 Å². The van der Waals surface area contributed by atoms with Gasteiger partial charge in [0.1, 0.15) is 5.82 Å². The Morgan fingerprint density at radius 1 is 0.380 bits per heavy atom. The van der Waals surface area contributed by atoms with Crippen molar-refractivity contribution < 1.29 is 0 Å². The van der Waals surface area contributed by atoms with Gasteiger partial charge in [-0.05, 0) is 59.7 Å². The van der Waals surface area contributed by atoms with Crippen molar-refractivity contribution in [3.8, 4) is 45.3 Å². The molecule has 6 aromatic carbocycles. The van der Waals surface area contributed by atoms with Crippen LogP contribution >= 0.6 is 0 Å². The van der Waals surface area contributed by atoms with E-state index in [1.165, 1.54) is 21.8 Å². The van der Waals surface area contributed by atoms with Crippen molar-refractivity contribution in [2.75, 3.05) is 0 Å². The number of nitrogens with zero attached hydrogens (tertiary/aromatic N) is 5. The van der Waals surface area contributed by atoms with E-state index in [9.17, 15) is 0 Å². The van der Waals surface area contributed by atoms with Gasteiger partial charge >= 0.3 is 0 Å². The van der Waals surface area contributed by atoms with E-state index in [2.05, 4.69) is 137 Å². The maximum atomic E-state index is 5.17. The van der Waals surface area contributed by atoms with Crippen molar-refractivity contribution in [1.82, 2.24) is 24.1 Å². The summed E-state index contributed by atoms with van der Waals surface area (Å²) in [5.74, 6) is 1.48. The number of para-hydroxylation sites is 2. The fourth-order valence-electron chi connectivity index (χ4n) is 7.29. The van der Waals surface area contributed by atoms with Gasteiger partial charge in [-0.15, -0.1) is 0 Å². The lowest BCUT2D eigenvalue weighted by Gasteiger charge is -2.12. The first-order valence-corrected chi connectivity index (χ1v) is 16.8. The lowest BCUT2D eigenvalue weighted by atomic mass is 10.0. The number of hydrogen-bond acceptors (Lipinski definition) is 3. The van der Waals surface area contributed by atoms with E-state index in [1.54, 1.807) is 0 Å². The van der Waals surface area contributed by atoms with E-state index in [-0.39, 0.29) is 0 Å². The van der Waals surface area contributed by atoms with Crippen LogP contribution in [-0.2, 0) is 0 Å². The quantitative estimate of drug-likeness (QED) is 0.188. The second kappa shape index (κ2) is 11.4. The van der Waals surface area contributed by atoms with Gasteiger partial charge in [0.05, 0.1) is 33.3 Å². The average Bonchev–Trinajstić information content (AvgIpc) is 3.71. The van der Waals surface area contributed by atoms with Crippen molar-refractivity contribution >= 4 is 43.7 Å². The Kier molecular flexibility index (Phi) is 6.42. The van der Waals surface area contributed by atoms with E-state index < -0.39 is 0 Å². The Bertz CT molecular complexity index is 2800. The third-order valence-electron chi connectivity index (χ3n) is 9.58. The normalized spacial score (nSPS) is 11.6. The van der Waals surface area contributed by atoms with Crippen LogP contribution in [0.4, 0.5) is 0 Å². The summed E-state index contributed by atoms with van der Waals surface area (Å²) in [6.45, 7) is 0. The minimum Gasteiger partial charge on any atom is -0.309 e. The molecule has 0 atom stereocenters. The van der Waals surface area contributed by atoms with Gasteiger partial charge in [0.15, 0.2) is 5.82 Å². The molecule has 0 saturated carbocycles. The number of hydrogen-bond donors (Lipinski definition) is 0. The molecule has 10 aromatic rings. The Morgan fingerprint density at radius 2 is 1.02 bits per heavy atom. The number of pyridine rings is 1. The third kappa shape index (κ3) is 4.52. The lowest BCUT2D eigenvalue weighted by molar-refractivity contribution is 1.05. The molecule has 0 fully saturated rings. The molecular weight excluding hydrogens is 611 g/mol. The van der Waals surface area contributed by atoms with Crippen LogP contribution in [0, 0.1) is 0 Å². The molecule has 5 heteroatoms. The van der Waals surface area contributed by atoms with Crippen LogP contribution in [0.2, 0.25) is 0 Å². The van der Waals surface area contributed by atoms with Crippen LogP contribution in [0.1, 0.15) is 0 Å². The first-order valence-electron chi connectivity index (χ1n) is 16.8. The summed E-state index contributed by atoms with van der Waals surface area (Å²) >= 11 is 0. The number of benzene rings is 6. The minimum absolute atomic E-state index is 0.680. The topological polar surface area (TPSA) is 48.5 Å². The highest BCUT2D eigenvalue weighted by Gasteiger charge is 2.19. The fraction of sp³-hybridized carbons (Fsp3) is 0. The maximum absolute atomic E-state index is 5.17. The largest absolute Gasteiger partial charge is 0.309 e. The first-order chi connectivity index (χ1) is 24.8. The van der Waals surface area contributed by atoms with Crippen LogP contribution in [0.15, 0.2) is 176 Å². The van der Waals surface area contributed by atoms with Crippen molar-refractivity contribution in [3.63, 3.8) is 0 Å². The Morgan fingerprint density at radius 3 is 1.84 bits per heavy atom. The van der Waals surface area contributed by atoms with E-state index in [0.29, 0.717) is 5.82 Å². The first kappa shape index (κ1) is 28.2. The summed E-state index contributed by atoms with van der Waals surface area (Å²) in [6.07, 6.45) is 1.87. The zero-order valence-electron chi connectivity index (χ0n) is 27.0. The van der Waals surface area contributed by atoms with Gasteiger partial charge in [0, 0.05) is 45.2 Å². The highest BCUT2D eigenvalue weighted by atomic mass is 15.1. The fourth-order valence-corrected chi connectivity index (χ4v) is 7.29. The van der Waals surface area contributed by atoms with Gasteiger partial charge in [0.2, 0.25) is 0 Å². The molecule has 0 aliphatic rings. The van der Waals surface area contributed by atoms with Crippen LogP contribution in [0.25, 0.3) is 89.0 Å². The molecule has 0 aliphatic carbocycles. The molecule has 0 aliphatic heterocycles. The SMILES string of the molecule is c1ccc(-c2cc(-n3c4ccc(-c5ccc6c7ccccc7n(-c7ccccc7)c6c5)cc4c4ncccc43)nc(-c3ccccc3)n2)cc1. The van der Waals surface area contributed by atoms with Crippen molar-refractivity contribution in [2.24, 2.45) is 0 Å². The van der Waals surface area contributed by atoms with Crippen molar-refractivity contribution in [1.29, 1.82) is 0 Å². The van der Waals surface area contributed by atoms with E-state index in [1.807, 2.05) is 48.7 Å². The monoisotopic (exact) mass is 639 g/mol. The van der Waals surface area contributed by atoms with Crippen LogP contribution in [0.3, 0.4) is 0 Å². The highest BCUT2D eigenvalue weighted by molar-refractivity contribution is 6.11. The molecule has 0 saturated heterocycles. The van der Waals surface area contributed by atoms with Gasteiger partial charge in [-0.2, -0.15) is 0 Å². The summed E-state index contributed by atoms with van der Waals surface area (Å²) in [6, 6.07) is 59.4. The minimum atomic E-state index is 0.680. The molecule has 4 aromatic heterocycles. The van der Waals surface area contributed by atoms with Crippen molar-refractivity contribution in [2.45, 2.75) is 0 Å². The molecule has 4 heterocycles. The third-order valence-corrected chi connectivity index (χ3v) is 9.58. The summed E-state index contributed by atoms with van der Waals surface area (Å²) in [4.78, 5) is 15.1. The summed E-state index contributed by atoms with van der Waals surface area (Å²) in [5.41, 5.74) is 11.7. The number of aromatic nitrogens is 5. The zero-order valence-corrected chi connectivity index (χ0v) is 27.0. The standard InChI is InChI=1S/C45H29N5/c1-4-13-30(14-5-1)38-29-43(48-45(47-38)31-15-6-2-7-16-31)50-40-25-23-32(27-37(40)44-41(50)21-12-26-46-44)33-22-24-36-35-19-10-11-20-39(35)49(42(36)28-33)34-17-8-3-9-18-34/h1-29H. The van der Waals surface area contributed by atoms with E-state index >= 15 is 0 Å². The van der Waals surface area contributed by atoms with E-state index in [0.717, 1.165) is 61.4 Å². The van der Waals surface area contributed by atoms with Gasteiger partial charge in [-0.25, -0.2) is 9.97 Å². The highest BCUT2D eigenvalue weighted by Crippen LogP contribution is 2.38. The van der Waals surface area contributed by atoms with Gasteiger partial charge in [0.25, 0.3) is 0 Å². The summed E-state index contributed by atoms with van der Waals surface area (Å²) in [7, 11) is 0. The Balaban J connectivity index is 1.18. The molecule has 0 bridgehead atoms. The maximum Gasteiger partial charge on any atom is 0.162 e. The lowest BCUT2D eigenvalue weighted by Crippen LogP contribution is -2.02. The molecule has 50 heavy (non-hydrogen) atoms. The molecule has 0 N–H and O–H groups in total. The van der Waals surface area contributed by atoms with Gasteiger partial charge < -0.3 is 4.57 Å². The average molecular weight is 640 g/mol. The van der Waals surface area contributed by atoms with Crippen molar-refractivity contribution in [3.05, 3.63) is 176 Å². The summed E-state index contributed by atoms with van der Waals surface area (Å²) < 4.78 is 4.59. The zero-order chi connectivity index (χ0) is 33.0. The Hall–Kier alpha value is -6.85. The molecule has 0 unspecified atom stereocenters. The molecule has 10 rings (SSSR count). The van der Waals surface area contributed by atoms with Gasteiger partial charge in [-0.3, -0.25) is 9.55 Å². The Labute approximate surface area is 288 Å². The predicted molar refractivity (Wildman–Crippen MR) is 205 cm³/mol. The smallest absolute Gasteiger partial charge is 0.162 e.